The van der Waals surface area contributed by atoms with Crippen molar-refractivity contribution in [2.45, 2.75) is 90.3 Å². The van der Waals surface area contributed by atoms with E-state index in [2.05, 4.69) is 74.4 Å². The molecule has 3 fully saturated rings. The first-order valence-electron chi connectivity index (χ1n) is 16.6. The van der Waals surface area contributed by atoms with Crippen LogP contribution in [0.25, 0.3) is 32.9 Å². The fourth-order valence-corrected chi connectivity index (χ4v) is 7.49. The third-order valence-electron chi connectivity index (χ3n) is 11.0. The van der Waals surface area contributed by atoms with E-state index < -0.39 is 30.5 Å². The fourth-order valence-electron chi connectivity index (χ4n) is 7.49. The Kier molecular flexibility index (Phi) is 6.73. The number of likely N-dealkylation sites (tertiary alicyclic amines) is 1. The summed E-state index contributed by atoms with van der Waals surface area (Å²) in [5, 5.41) is 4.85. The molecule has 2 saturated heterocycles. The van der Waals surface area contributed by atoms with E-state index in [1.54, 1.807) is 0 Å². The summed E-state index contributed by atoms with van der Waals surface area (Å²) < 4.78 is 23.8. The number of nitrogens with one attached hydrogen (secondary N) is 2. The number of rotatable bonds is 5. The van der Waals surface area contributed by atoms with Crippen LogP contribution < -0.4 is 15.5 Å². The van der Waals surface area contributed by atoms with Crippen LogP contribution in [0.4, 0.5) is 4.79 Å². The number of benzene rings is 3. The summed E-state index contributed by atoms with van der Waals surface area (Å²) in [6.07, 6.45) is 1.23. The van der Waals surface area contributed by atoms with Crippen molar-refractivity contribution in [3.05, 3.63) is 53.9 Å². The molecule has 3 aromatic carbocycles. The van der Waals surface area contributed by atoms with Crippen LogP contribution >= 0.6 is 0 Å². The normalized spacial score (nSPS) is 24.1. The number of aromatic amines is 1. The zero-order valence-corrected chi connectivity index (χ0v) is 28.0. The molecule has 2 amide bonds. The molecule has 4 atom stereocenters. The first-order chi connectivity index (χ1) is 22.3. The molecule has 10 nitrogen and oxygen atoms in total. The molecular formula is C36H41BN4O6. The minimum absolute atomic E-state index is 0.0894. The van der Waals surface area contributed by atoms with Crippen molar-refractivity contribution in [2.75, 3.05) is 7.11 Å². The van der Waals surface area contributed by atoms with Crippen molar-refractivity contribution >= 4 is 46.4 Å². The van der Waals surface area contributed by atoms with Gasteiger partial charge in [-0.3, -0.25) is 4.79 Å². The number of hydrogen-bond acceptors (Lipinski definition) is 7. The van der Waals surface area contributed by atoms with Gasteiger partial charge in [0.15, 0.2) is 0 Å². The van der Waals surface area contributed by atoms with Gasteiger partial charge in [0, 0.05) is 17.0 Å². The Hall–Kier alpha value is -4.09. The number of H-pyrrole nitrogens is 1. The molecule has 2 N–H and O–H groups in total. The van der Waals surface area contributed by atoms with Gasteiger partial charge in [-0.25, -0.2) is 9.78 Å². The van der Waals surface area contributed by atoms with Gasteiger partial charge in [0.1, 0.15) is 24.2 Å². The number of amides is 2. The van der Waals surface area contributed by atoms with Crippen molar-refractivity contribution in [3.8, 4) is 16.9 Å². The van der Waals surface area contributed by atoms with Crippen LogP contribution in [0.5, 0.6) is 5.75 Å². The lowest BCUT2D eigenvalue weighted by Crippen LogP contribution is -2.52. The average Bonchev–Trinajstić information content (AvgIpc) is 3.37. The lowest BCUT2D eigenvalue weighted by molar-refractivity contribution is -0.136. The predicted octanol–water partition coefficient (Wildman–Crippen LogP) is 5.62. The number of nitrogens with zero attached hydrogens (tertiary/aromatic N) is 2. The van der Waals surface area contributed by atoms with Crippen molar-refractivity contribution in [2.24, 2.45) is 11.8 Å². The molecule has 4 heterocycles. The lowest BCUT2D eigenvalue weighted by Gasteiger charge is -2.32. The van der Waals surface area contributed by atoms with E-state index in [1.165, 1.54) is 7.11 Å². The summed E-state index contributed by atoms with van der Waals surface area (Å²) in [6, 6.07) is 14.1. The van der Waals surface area contributed by atoms with Crippen molar-refractivity contribution in [3.63, 3.8) is 0 Å². The van der Waals surface area contributed by atoms with E-state index in [-0.39, 0.29) is 23.9 Å². The molecule has 11 heteroatoms. The largest absolute Gasteiger partial charge is 0.494 e. The van der Waals surface area contributed by atoms with E-state index in [4.69, 9.17) is 23.8 Å². The van der Waals surface area contributed by atoms with Crippen molar-refractivity contribution in [1.82, 2.24) is 20.2 Å². The van der Waals surface area contributed by atoms with Gasteiger partial charge < -0.3 is 34.0 Å². The van der Waals surface area contributed by atoms with Gasteiger partial charge in [-0.15, -0.1) is 0 Å². The average molecular weight is 637 g/mol. The maximum absolute atomic E-state index is 13.9. The van der Waals surface area contributed by atoms with E-state index in [9.17, 15) is 9.59 Å². The van der Waals surface area contributed by atoms with Crippen LogP contribution in [0.2, 0.25) is 0 Å². The Morgan fingerprint density at radius 2 is 1.81 bits per heavy atom. The van der Waals surface area contributed by atoms with Gasteiger partial charge in [0.05, 0.1) is 35.4 Å². The van der Waals surface area contributed by atoms with Gasteiger partial charge in [-0.2, -0.15) is 0 Å². The monoisotopic (exact) mass is 636 g/mol. The number of imidazole rings is 1. The number of fused-ring (bicyclic) bond motifs is 7. The molecule has 1 saturated carbocycles. The van der Waals surface area contributed by atoms with Gasteiger partial charge in [-0.05, 0) is 92.5 Å². The molecule has 1 aromatic heterocycles. The molecule has 4 aromatic rings. The van der Waals surface area contributed by atoms with E-state index in [0.29, 0.717) is 12.5 Å². The highest BCUT2D eigenvalue weighted by atomic mass is 16.7. The summed E-state index contributed by atoms with van der Waals surface area (Å²) in [5.74, 6) is 1.86. The fraction of sp³-hybridized carbons (Fsp3) is 0.472. The molecule has 0 spiro atoms. The zero-order chi connectivity index (χ0) is 33.0. The maximum Gasteiger partial charge on any atom is 0.494 e. The van der Waals surface area contributed by atoms with Gasteiger partial charge >= 0.3 is 13.2 Å². The van der Waals surface area contributed by atoms with Crippen LogP contribution in [0.3, 0.4) is 0 Å². The Bertz CT molecular complexity index is 1940. The molecule has 0 bridgehead atoms. The molecule has 3 aliphatic heterocycles. The topological polar surface area (TPSA) is 115 Å². The van der Waals surface area contributed by atoms with Gasteiger partial charge in [0.2, 0.25) is 5.91 Å². The number of piperidine rings is 1. The molecule has 47 heavy (non-hydrogen) atoms. The van der Waals surface area contributed by atoms with Crippen molar-refractivity contribution in [1.29, 1.82) is 0 Å². The van der Waals surface area contributed by atoms with E-state index >= 15 is 0 Å². The zero-order valence-electron chi connectivity index (χ0n) is 28.0. The second-order valence-electron chi connectivity index (χ2n) is 14.9. The number of hydrogen-bond donors (Lipinski definition) is 2. The number of ether oxygens (including phenoxy) is 2. The summed E-state index contributed by atoms with van der Waals surface area (Å²) in [6.45, 7) is 12.6. The lowest BCUT2D eigenvalue weighted by atomic mass is 9.77. The van der Waals surface area contributed by atoms with Crippen LogP contribution in [0.1, 0.15) is 71.8 Å². The summed E-state index contributed by atoms with van der Waals surface area (Å²) in [5.41, 5.74) is 5.22. The minimum atomic E-state index is -0.672. The van der Waals surface area contributed by atoms with Crippen LogP contribution in [0.15, 0.2) is 42.5 Å². The number of carbonyl (C=O) groups is 2. The second kappa shape index (κ2) is 10.5. The summed E-state index contributed by atoms with van der Waals surface area (Å²) in [4.78, 5) is 36.5. The summed E-state index contributed by atoms with van der Waals surface area (Å²) in [7, 11) is 0.884. The van der Waals surface area contributed by atoms with Crippen LogP contribution in [-0.2, 0) is 25.4 Å². The molecule has 244 valence electrons. The van der Waals surface area contributed by atoms with Gasteiger partial charge in [0.25, 0.3) is 0 Å². The van der Waals surface area contributed by atoms with Crippen molar-refractivity contribution < 1.29 is 28.4 Å². The van der Waals surface area contributed by atoms with Crippen LogP contribution in [0, 0.1) is 11.8 Å². The molecular weight excluding hydrogens is 595 g/mol. The Morgan fingerprint density at radius 1 is 1.04 bits per heavy atom. The number of carbonyl (C=O) groups excluding carboxylic acids is 2. The highest BCUT2D eigenvalue weighted by Crippen LogP contribution is 2.54. The van der Waals surface area contributed by atoms with Gasteiger partial charge in [-0.1, -0.05) is 38.1 Å². The number of methoxy groups -OCH3 is 1. The molecule has 0 radical (unpaired) electrons. The quantitative estimate of drug-likeness (QED) is 0.274. The SMILES string of the molecule is COC(=O)N[C@H](C(=O)N1C2C[C@H]2C[C@H]1c1nc2ccc3cc4c(cc3c2[nH]1)OCc1cc(B2OC(C)(C)C(C)(C)O2)ccc1-4)C(C)C. The first kappa shape index (κ1) is 30.3. The van der Waals surface area contributed by atoms with E-state index in [0.717, 1.165) is 68.4 Å². The third-order valence-corrected chi connectivity index (χ3v) is 11.0. The van der Waals surface area contributed by atoms with E-state index in [1.807, 2.05) is 24.8 Å². The third kappa shape index (κ3) is 4.80. The number of aromatic nitrogens is 2. The predicted molar refractivity (Wildman–Crippen MR) is 179 cm³/mol. The van der Waals surface area contributed by atoms with Crippen LogP contribution in [-0.4, -0.2) is 64.4 Å². The smallest absolute Gasteiger partial charge is 0.488 e. The standard InChI is InChI=1S/C36H41BN4O6/c1-18(2)30(40-34(43)44-7)33(42)41-27-14-20(27)15-28(41)32-38-26-11-8-19-13-25-23-10-9-22(37-46-35(3,4)36(5,6)47-37)12-21(23)17-45-29(25)16-24(19)31(26)39-32/h8-13,16,18,20,27-28,30H,14-15,17H2,1-7H3,(H,38,39)(H,40,43)/t20-,27?,28-,30-/m0/s1. The Labute approximate surface area is 274 Å². The summed E-state index contributed by atoms with van der Waals surface area (Å²) >= 11 is 0. The maximum atomic E-state index is 13.9. The molecule has 8 rings (SSSR count). The highest BCUT2D eigenvalue weighted by molar-refractivity contribution is 6.62. The molecule has 1 aliphatic carbocycles. The second-order valence-corrected chi connectivity index (χ2v) is 14.9. The minimum Gasteiger partial charge on any atom is -0.488 e. The number of alkyl carbamates (subject to hydrolysis) is 1. The molecule has 1 unspecified atom stereocenters. The first-order valence-corrected chi connectivity index (χ1v) is 16.6. The molecule has 4 aliphatic rings. The Balaban J connectivity index is 1.11. The Morgan fingerprint density at radius 3 is 2.53 bits per heavy atom. The highest BCUT2D eigenvalue weighted by Gasteiger charge is 2.56.